The molecule has 0 fully saturated rings. The summed E-state index contributed by atoms with van der Waals surface area (Å²) in [6.07, 6.45) is 0.588. The molecule has 0 unspecified atom stereocenters. The Morgan fingerprint density at radius 3 is 2.31 bits per heavy atom. The van der Waals surface area contributed by atoms with E-state index < -0.39 is 21.8 Å². The van der Waals surface area contributed by atoms with Crippen molar-refractivity contribution < 1.29 is 27.1 Å². The molecule has 8 heteroatoms. The molecule has 0 saturated heterocycles. The van der Waals surface area contributed by atoms with Gasteiger partial charge in [-0.2, -0.15) is 0 Å². The molecule has 0 amide bonds. The lowest BCUT2D eigenvalue weighted by atomic mass is 10.0. The second-order valence-electron chi connectivity index (χ2n) is 5.31. The smallest absolute Gasteiger partial charge is 0.343 e. The van der Waals surface area contributed by atoms with Crippen molar-refractivity contribution in [3.05, 3.63) is 53.3 Å². The summed E-state index contributed by atoms with van der Waals surface area (Å²) in [5.74, 6) is -0.994. The zero-order valence-corrected chi connectivity index (χ0v) is 15.5. The topological polar surface area (TPSA) is 81.7 Å². The maximum Gasteiger partial charge on any atom is 0.343 e. The van der Waals surface area contributed by atoms with Crippen molar-refractivity contribution in [1.82, 2.24) is 0 Å². The standard InChI is InChI=1S/C18H20FNO5S/c1-4-12-6-11-15(16(18(21)24-3)17(12)25-5-2)20-26(22,23)14-9-7-13(19)8-10-14/h6-11,20H,4-5H2,1-3H3. The van der Waals surface area contributed by atoms with E-state index in [0.717, 1.165) is 29.8 Å². The van der Waals surface area contributed by atoms with Crippen LogP contribution in [0.4, 0.5) is 10.1 Å². The minimum Gasteiger partial charge on any atom is -0.493 e. The van der Waals surface area contributed by atoms with Crippen LogP contribution in [0.5, 0.6) is 5.75 Å². The molecule has 0 aliphatic rings. The fourth-order valence-electron chi connectivity index (χ4n) is 2.42. The van der Waals surface area contributed by atoms with Crippen molar-refractivity contribution in [2.75, 3.05) is 18.4 Å². The summed E-state index contributed by atoms with van der Waals surface area (Å²) in [4.78, 5) is 12.1. The number of carbonyl (C=O) groups is 1. The fourth-order valence-corrected chi connectivity index (χ4v) is 3.49. The second kappa shape index (κ2) is 8.18. The fraction of sp³-hybridized carbons (Fsp3) is 0.278. The number of rotatable bonds is 7. The number of hydrogen-bond donors (Lipinski definition) is 1. The van der Waals surface area contributed by atoms with Gasteiger partial charge < -0.3 is 9.47 Å². The molecule has 0 saturated carbocycles. The molecule has 6 nitrogen and oxygen atoms in total. The Kier molecular flexibility index (Phi) is 6.20. The van der Waals surface area contributed by atoms with Gasteiger partial charge in [0.15, 0.2) is 0 Å². The van der Waals surface area contributed by atoms with Gasteiger partial charge in [0.2, 0.25) is 0 Å². The van der Waals surface area contributed by atoms with E-state index in [9.17, 15) is 17.6 Å². The van der Waals surface area contributed by atoms with Crippen LogP contribution in [0, 0.1) is 5.82 Å². The van der Waals surface area contributed by atoms with Crippen LogP contribution < -0.4 is 9.46 Å². The second-order valence-corrected chi connectivity index (χ2v) is 7.00. The van der Waals surface area contributed by atoms with Crippen molar-refractivity contribution in [3.63, 3.8) is 0 Å². The highest BCUT2D eigenvalue weighted by Crippen LogP contribution is 2.33. The highest BCUT2D eigenvalue weighted by Gasteiger charge is 2.25. The van der Waals surface area contributed by atoms with Gasteiger partial charge in [0.25, 0.3) is 10.0 Å². The Hall–Kier alpha value is -2.61. The Balaban J connectivity index is 2.56. The maximum atomic E-state index is 13.0. The predicted molar refractivity (Wildman–Crippen MR) is 95.5 cm³/mol. The molecule has 2 aromatic rings. The number of methoxy groups -OCH3 is 1. The van der Waals surface area contributed by atoms with Crippen LogP contribution in [-0.2, 0) is 21.2 Å². The summed E-state index contributed by atoms with van der Waals surface area (Å²) in [7, 11) is -2.82. The molecule has 0 spiro atoms. The first-order chi connectivity index (χ1) is 12.3. The summed E-state index contributed by atoms with van der Waals surface area (Å²) in [6.45, 7) is 3.95. The molecule has 2 rings (SSSR count). The highest BCUT2D eigenvalue weighted by molar-refractivity contribution is 7.92. The van der Waals surface area contributed by atoms with Crippen LogP contribution >= 0.6 is 0 Å². The monoisotopic (exact) mass is 381 g/mol. The van der Waals surface area contributed by atoms with Gasteiger partial charge in [-0.15, -0.1) is 0 Å². The van der Waals surface area contributed by atoms with Crippen LogP contribution in [0.3, 0.4) is 0 Å². The van der Waals surface area contributed by atoms with Crippen molar-refractivity contribution in [3.8, 4) is 5.75 Å². The number of aryl methyl sites for hydroxylation is 1. The molecule has 0 heterocycles. The predicted octanol–water partition coefficient (Wildman–Crippen LogP) is 3.37. The van der Waals surface area contributed by atoms with Crippen LogP contribution in [0.25, 0.3) is 0 Å². The first-order valence-electron chi connectivity index (χ1n) is 7.99. The number of carbonyl (C=O) groups excluding carboxylic acids is 1. The Labute approximate surface area is 152 Å². The number of sulfonamides is 1. The van der Waals surface area contributed by atoms with Gasteiger partial charge in [0.05, 0.1) is 24.3 Å². The molecule has 26 heavy (non-hydrogen) atoms. The highest BCUT2D eigenvalue weighted by atomic mass is 32.2. The van der Waals surface area contributed by atoms with E-state index in [-0.39, 0.29) is 21.9 Å². The van der Waals surface area contributed by atoms with Gasteiger partial charge in [0.1, 0.15) is 17.1 Å². The minimum absolute atomic E-state index is 0.000568. The van der Waals surface area contributed by atoms with Gasteiger partial charge in [-0.25, -0.2) is 17.6 Å². The van der Waals surface area contributed by atoms with E-state index in [1.165, 1.54) is 13.2 Å². The SMILES string of the molecule is CCOc1c(CC)ccc(NS(=O)(=O)c2ccc(F)cc2)c1C(=O)OC. The number of benzene rings is 2. The van der Waals surface area contributed by atoms with Crippen molar-refractivity contribution in [2.24, 2.45) is 0 Å². The lowest BCUT2D eigenvalue weighted by Crippen LogP contribution is -2.17. The average Bonchev–Trinajstić information content (AvgIpc) is 2.62. The largest absolute Gasteiger partial charge is 0.493 e. The van der Waals surface area contributed by atoms with Gasteiger partial charge in [-0.05, 0) is 49.2 Å². The first kappa shape index (κ1) is 19.7. The third kappa shape index (κ3) is 4.13. The zero-order chi connectivity index (χ0) is 19.3. The summed E-state index contributed by atoms with van der Waals surface area (Å²) >= 11 is 0. The molecule has 0 atom stereocenters. The Morgan fingerprint density at radius 1 is 1.12 bits per heavy atom. The van der Waals surface area contributed by atoms with Crippen molar-refractivity contribution >= 4 is 21.7 Å². The van der Waals surface area contributed by atoms with Crippen molar-refractivity contribution in [1.29, 1.82) is 0 Å². The van der Waals surface area contributed by atoms with Crippen molar-refractivity contribution in [2.45, 2.75) is 25.2 Å². The minimum atomic E-state index is -4.03. The van der Waals surface area contributed by atoms with E-state index in [2.05, 4.69) is 4.72 Å². The van der Waals surface area contributed by atoms with Crippen LogP contribution in [-0.4, -0.2) is 28.1 Å². The molecule has 0 bridgehead atoms. The lowest BCUT2D eigenvalue weighted by Gasteiger charge is -2.18. The number of anilines is 1. The summed E-state index contributed by atoms with van der Waals surface area (Å²) in [6, 6.07) is 7.52. The van der Waals surface area contributed by atoms with Gasteiger partial charge in [0, 0.05) is 0 Å². The summed E-state index contributed by atoms with van der Waals surface area (Å²) < 4.78 is 50.9. The quantitative estimate of drug-likeness (QED) is 0.744. The van der Waals surface area contributed by atoms with Crippen LogP contribution in [0.1, 0.15) is 29.8 Å². The summed E-state index contributed by atoms with van der Waals surface area (Å²) in [5.41, 5.74) is 0.776. The van der Waals surface area contributed by atoms with Gasteiger partial charge in [-0.1, -0.05) is 13.0 Å². The number of hydrogen-bond acceptors (Lipinski definition) is 5. The summed E-state index contributed by atoms with van der Waals surface area (Å²) in [5, 5.41) is 0. The molecule has 0 radical (unpaired) electrons. The molecular formula is C18H20FNO5S. The lowest BCUT2D eigenvalue weighted by molar-refractivity contribution is 0.0597. The number of ether oxygens (including phenoxy) is 2. The third-order valence-electron chi connectivity index (χ3n) is 3.67. The van der Waals surface area contributed by atoms with Crippen LogP contribution in [0.2, 0.25) is 0 Å². The molecule has 0 aromatic heterocycles. The number of halogens is 1. The molecule has 1 N–H and O–H groups in total. The molecule has 0 aliphatic heterocycles. The average molecular weight is 381 g/mol. The van der Waals surface area contributed by atoms with E-state index in [1.807, 2.05) is 6.92 Å². The first-order valence-corrected chi connectivity index (χ1v) is 9.47. The molecule has 2 aromatic carbocycles. The van der Waals surface area contributed by atoms with E-state index in [4.69, 9.17) is 9.47 Å². The molecule has 0 aliphatic carbocycles. The van der Waals surface area contributed by atoms with E-state index >= 15 is 0 Å². The van der Waals surface area contributed by atoms with Crippen LogP contribution in [0.15, 0.2) is 41.3 Å². The Morgan fingerprint density at radius 2 is 1.77 bits per heavy atom. The third-order valence-corrected chi connectivity index (χ3v) is 5.05. The number of esters is 1. The Bertz CT molecular complexity index is 895. The van der Waals surface area contributed by atoms with Gasteiger partial charge >= 0.3 is 5.97 Å². The van der Waals surface area contributed by atoms with E-state index in [0.29, 0.717) is 13.0 Å². The molecule has 140 valence electrons. The zero-order valence-electron chi connectivity index (χ0n) is 14.7. The number of nitrogens with one attached hydrogen (secondary N) is 1. The van der Waals surface area contributed by atoms with E-state index in [1.54, 1.807) is 13.0 Å². The van der Waals surface area contributed by atoms with Gasteiger partial charge in [-0.3, -0.25) is 4.72 Å². The molecular weight excluding hydrogens is 361 g/mol. The maximum absolute atomic E-state index is 13.0. The normalized spacial score (nSPS) is 11.1.